The molecular formula is C15H22N2O2. The van der Waals surface area contributed by atoms with E-state index in [2.05, 4.69) is 0 Å². The molecule has 0 bridgehead atoms. The van der Waals surface area contributed by atoms with Crippen LogP contribution in [-0.2, 0) is 11.2 Å². The van der Waals surface area contributed by atoms with Gasteiger partial charge in [-0.05, 0) is 30.5 Å². The summed E-state index contributed by atoms with van der Waals surface area (Å²) in [4.78, 5) is 13.9. The van der Waals surface area contributed by atoms with Crippen LogP contribution in [0.1, 0.15) is 38.0 Å². The monoisotopic (exact) mass is 262 g/mol. The fourth-order valence-corrected chi connectivity index (χ4v) is 2.45. The summed E-state index contributed by atoms with van der Waals surface area (Å²) in [6.45, 7) is 6.33. The van der Waals surface area contributed by atoms with Crippen molar-refractivity contribution in [3.8, 4) is 0 Å². The average Bonchev–Trinajstić information content (AvgIpc) is 2.79. The van der Waals surface area contributed by atoms with Gasteiger partial charge in [0.25, 0.3) is 0 Å². The first-order chi connectivity index (χ1) is 8.91. The van der Waals surface area contributed by atoms with E-state index in [1.807, 2.05) is 36.9 Å². The van der Waals surface area contributed by atoms with Gasteiger partial charge in [-0.25, -0.2) is 0 Å². The van der Waals surface area contributed by atoms with Gasteiger partial charge in [0.15, 0.2) is 0 Å². The Bertz CT molecular complexity index is 483. The van der Waals surface area contributed by atoms with E-state index in [4.69, 9.17) is 5.73 Å². The first-order valence-corrected chi connectivity index (χ1v) is 6.79. The van der Waals surface area contributed by atoms with E-state index in [1.165, 1.54) is 0 Å². The highest BCUT2D eigenvalue weighted by Crippen LogP contribution is 2.32. The Morgan fingerprint density at radius 2 is 2.05 bits per heavy atom. The van der Waals surface area contributed by atoms with Gasteiger partial charge in [0, 0.05) is 24.2 Å². The summed E-state index contributed by atoms with van der Waals surface area (Å²) in [6.07, 6.45) is 0.188. The van der Waals surface area contributed by atoms with Crippen molar-refractivity contribution in [1.29, 1.82) is 0 Å². The Kier molecular flexibility index (Phi) is 3.92. The molecule has 1 aromatic rings. The molecular weight excluding hydrogens is 240 g/mol. The van der Waals surface area contributed by atoms with Crippen molar-refractivity contribution in [2.45, 2.75) is 39.3 Å². The zero-order valence-corrected chi connectivity index (χ0v) is 11.8. The van der Waals surface area contributed by atoms with Gasteiger partial charge in [0.2, 0.25) is 5.91 Å². The SMILES string of the molecule is CC(C)C(=O)N1CCc2cc(C(O)C(C)N)ccc21. The number of aliphatic hydroxyl groups is 1. The zero-order chi connectivity index (χ0) is 14.2. The van der Waals surface area contributed by atoms with Crippen LogP contribution in [0.3, 0.4) is 0 Å². The minimum atomic E-state index is -0.653. The van der Waals surface area contributed by atoms with Crippen molar-refractivity contribution in [2.24, 2.45) is 11.7 Å². The van der Waals surface area contributed by atoms with Crippen LogP contribution in [0.25, 0.3) is 0 Å². The second kappa shape index (κ2) is 5.31. The summed E-state index contributed by atoms with van der Waals surface area (Å²) in [5.74, 6) is 0.152. The van der Waals surface area contributed by atoms with Gasteiger partial charge in [0.1, 0.15) is 0 Å². The summed E-state index contributed by atoms with van der Waals surface area (Å²) in [5.41, 5.74) is 8.63. The number of hydrogen-bond acceptors (Lipinski definition) is 3. The molecule has 0 aliphatic carbocycles. The molecule has 19 heavy (non-hydrogen) atoms. The van der Waals surface area contributed by atoms with Gasteiger partial charge >= 0.3 is 0 Å². The molecule has 0 spiro atoms. The Labute approximate surface area is 114 Å². The van der Waals surface area contributed by atoms with Crippen molar-refractivity contribution in [3.05, 3.63) is 29.3 Å². The molecule has 1 amide bonds. The molecule has 1 aliphatic heterocycles. The lowest BCUT2D eigenvalue weighted by Gasteiger charge is -2.20. The lowest BCUT2D eigenvalue weighted by Crippen LogP contribution is -2.32. The Hall–Kier alpha value is -1.39. The third-order valence-electron chi connectivity index (χ3n) is 3.60. The van der Waals surface area contributed by atoms with E-state index >= 15 is 0 Å². The number of aliphatic hydroxyl groups excluding tert-OH is 1. The van der Waals surface area contributed by atoms with E-state index in [0.29, 0.717) is 0 Å². The standard InChI is InChI=1S/C15H22N2O2/c1-9(2)15(19)17-7-6-11-8-12(4-5-13(11)17)14(18)10(3)16/h4-5,8-10,14,18H,6-7,16H2,1-3H3. The van der Waals surface area contributed by atoms with Crippen molar-refractivity contribution in [1.82, 2.24) is 0 Å². The smallest absolute Gasteiger partial charge is 0.229 e. The number of fused-ring (bicyclic) bond motifs is 1. The van der Waals surface area contributed by atoms with Gasteiger partial charge in [0.05, 0.1) is 6.10 Å². The van der Waals surface area contributed by atoms with Crippen LogP contribution >= 0.6 is 0 Å². The molecule has 0 aromatic heterocycles. The van der Waals surface area contributed by atoms with Gasteiger partial charge in [-0.1, -0.05) is 26.0 Å². The fourth-order valence-electron chi connectivity index (χ4n) is 2.45. The highest BCUT2D eigenvalue weighted by Gasteiger charge is 2.27. The molecule has 0 saturated heterocycles. The number of carbonyl (C=O) groups is 1. The lowest BCUT2D eigenvalue weighted by atomic mass is 10.0. The Balaban J connectivity index is 2.28. The van der Waals surface area contributed by atoms with Gasteiger partial charge in [-0.2, -0.15) is 0 Å². The van der Waals surface area contributed by atoms with Crippen LogP contribution < -0.4 is 10.6 Å². The first-order valence-electron chi connectivity index (χ1n) is 6.79. The highest BCUT2D eigenvalue weighted by atomic mass is 16.3. The van der Waals surface area contributed by atoms with Crippen molar-refractivity contribution >= 4 is 11.6 Å². The quantitative estimate of drug-likeness (QED) is 0.869. The predicted molar refractivity (Wildman–Crippen MR) is 75.9 cm³/mol. The molecule has 4 heteroatoms. The maximum atomic E-state index is 12.1. The van der Waals surface area contributed by atoms with Crippen LogP contribution in [0.2, 0.25) is 0 Å². The largest absolute Gasteiger partial charge is 0.387 e. The topological polar surface area (TPSA) is 66.6 Å². The van der Waals surface area contributed by atoms with Crippen LogP contribution in [0.5, 0.6) is 0 Å². The van der Waals surface area contributed by atoms with E-state index in [-0.39, 0.29) is 17.9 Å². The van der Waals surface area contributed by atoms with Crippen molar-refractivity contribution < 1.29 is 9.90 Å². The first kappa shape index (κ1) is 14.0. The van der Waals surface area contributed by atoms with Gasteiger partial charge in [-0.15, -0.1) is 0 Å². The molecule has 1 heterocycles. The Morgan fingerprint density at radius 1 is 1.37 bits per heavy atom. The number of anilines is 1. The molecule has 2 unspecified atom stereocenters. The van der Waals surface area contributed by atoms with Crippen LogP contribution in [0, 0.1) is 5.92 Å². The molecule has 2 rings (SSSR count). The fraction of sp³-hybridized carbons (Fsp3) is 0.533. The average molecular weight is 262 g/mol. The summed E-state index contributed by atoms with van der Waals surface area (Å²) >= 11 is 0. The summed E-state index contributed by atoms with van der Waals surface area (Å²) in [7, 11) is 0. The second-order valence-electron chi connectivity index (χ2n) is 5.59. The van der Waals surface area contributed by atoms with E-state index in [0.717, 1.165) is 29.8 Å². The molecule has 0 saturated carbocycles. The number of nitrogens with zero attached hydrogens (tertiary/aromatic N) is 1. The Morgan fingerprint density at radius 3 is 2.63 bits per heavy atom. The van der Waals surface area contributed by atoms with Crippen LogP contribution in [0.15, 0.2) is 18.2 Å². The zero-order valence-electron chi connectivity index (χ0n) is 11.8. The number of carbonyl (C=O) groups excluding carboxylic acids is 1. The molecule has 104 valence electrons. The molecule has 0 fully saturated rings. The third-order valence-corrected chi connectivity index (χ3v) is 3.60. The summed E-state index contributed by atoms with van der Waals surface area (Å²) in [5, 5.41) is 9.99. The van der Waals surface area contributed by atoms with Crippen molar-refractivity contribution in [2.75, 3.05) is 11.4 Å². The number of hydrogen-bond donors (Lipinski definition) is 2. The van der Waals surface area contributed by atoms with E-state index in [1.54, 1.807) is 6.92 Å². The number of nitrogens with two attached hydrogens (primary N) is 1. The predicted octanol–water partition coefficient (Wildman–Crippen LogP) is 1.61. The second-order valence-corrected chi connectivity index (χ2v) is 5.59. The highest BCUT2D eigenvalue weighted by molar-refractivity contribution is 5.96. The summed E-state index contributed by atoms with van der Waals surface area (Å²) < 4.78 is 0. The molecule has 2 atom stereocenters. The number of rotatable bonds is 3. The maximum absolute atomic E-state index is 12.1. The minimum Gasteiger partial charge on any atom is -0.387 e. The van der Waals surface area contributed by atoms with Gasteiger partial charge < -0.3 is 15.7 Å². The molecule has 1 aromatic carbocycles. The molecule has 1 aliphatic rings. The molecule has 3 N–H and O–H groups in total. The molecule has 4 nitrogen and oxygen atoms in total. The van der Waals surface area contributed by atoms with E-state index < -0.39 is 6.10 Å². The van der Waals surface area contributed by atoms with Crippen molar-refractivity contribution in [3.63, 3.8) is 0 Å². The third kappa shape index (κ3) is 2.65. The van der Waals surface area contributed by atoms with E-state index in [9.17, 15) is 9.90 Å². The maximum Gasteiger partial charge on any atom is 0.229 e. The normalized spacial score (nSPS) is 17.5. The molecule has 0 radical (unpaired) electrons. The number of amides is 1. The lowest BCUT2D eigenvalue weighted by molar-refractivity contribution is -0.121. The number of benzene rings is 1. The van der Waals surface area contributed by atoms with Crippen LogP contribution in [0.4, 0.5) is 5.69 Å². The minimum absolute atomic E-state index is 0.000260. The van der Waals surface area contributed by atoms with Crippen LogP contribution in [-0.4, -0.2) is 23.6 Å². The summed E-state index contributed by atoms with van der Waals surface area (Å²) in [6, 6.07) is 5.45. The van der Waals surface area contributed by atoms with Gasteiger partial charge in [-0.3, -0.25) is 4.79 Å².